The third-order valence-electron chi connectivity index (χ3n) is 2.63. The molecule has 0 bridgehead atoms. The first-order valence-corrected chi connectivity index (χ1v) is 6.72. The van der Waals surface area contributed by atoms with Crippen molar-refractivity contribution in [3.05, 3.63) is 48.7 Å². The summed E-state index contributed by atoms with van der Waals surface area (Å²) in [6, 6.07) is 13.8. The van der Waals surface area contributed by atoms with Gasteiger partial charge >= 0.3 is 0 Å². The van der Waals surface area contributed by atoms with Gasteiger partial charge in [-0.05, 0) is 30.0 Å². The van der Waals surface area contributed by atoms with Crippen LogP contribution in [0.15, 0.2) is 58.7 Å². The fourth-order valence-electron chi connectivity index (χ4n) is 1.74. The second kappa shape index (κ2) is 5.24. The van der Waals surface area contributed by atoms with E-state index in [1.807, 2.05) is 49.5 Å². The number of aromatic nitrogens is 3. The lowest BCUT2D eigenvalue weighted by Gasteiger charge is -2.07. The molecule has 5 heteroatoms. The van der Waals surface area contributed by atoms with Crippen LogP contribution in [0.5, 0.6) is 0 Å². The van der Waals surface area contributed by atoms with E-state index >= 15 is 0 Å². The lowest BCUT2D eigenvalue weighted by atomic mass is 10.2. The Morgan fingerprint density at radius 3 is 2.63 bits per heavy atom. The molecule has 0 amide bonds. The number of rotatable bonds is 3. The minimum absolute atomic E-state index is 0.622. The van der Waals surface area contributed by atoms with Gasteiger partial charge in [-0.25, -0.2) is 15.0 Å². The van der Waals surface area contributed by atoms with Crippen molar-refractivity contribution < 1.29 is 0 Å². The van der Waals surface area contributed by atoms with Crippen LogP contribution in [0.1, 0.15) is 0 Å². The number of para-hydroxylation sites is 1. The van der Waals surface area contributed by atoms with Crippen molar-refractivity contribution in [1.29, 1.82) is 0 Å². The maximum Gasteiger partial charge on any atom is 0.224 e. The summed E-state index contributed by atoms with van der Waals surface area (Å²) < 4.78 is 0. The Labute approximate surface area is 115 Å². The summed E-state index contributed by atoms with van der Waals surface area (Å²) >= 11 is 1.54. The summed E-state index contributed by atoms with van der Waals surface area (Å²) in [7, 11) is 1.82. The minimum Gasteiger partial charge on any atom is -0.357 e. The van der Waals surface area contributed by atoms with E-state index in [0.29, 0.717) is 5.95 Å². The maximum atomic E-state index is 4.52. The van der Waals surface area contributed by atoms with E-state index in [-0.39, 0.29) is 0 Å². The minimum atomic E-state index is 0.622. The molecule has 0 aliphatic carbocycles. The van der Waals surface area contributed by atoms with Crippen LogP contribution in [0.2, 0.25) is 0 Å². The van der Waals surface area contributed by atoms with E-state index in [9.17, 15) is 0 Å². The molecule has 0 aliphatic rings. The van der Waals surface area contributed by atoms with Crippen molar-refractivity contribution >= 4 is 28.6 Å². The maximum absolute atomic E-state index is 4.52. The van der Waals surface area contributed by atoms with Crippen molar-refractivity contribution in [2.24, 2.45) is 0 Å². The lowest BCUT2D eigenvalue weighted by Crippen LogP contribution is -1.98. The Balaban J connectivity index is 2.11. The van der Waals surface area contributed by atoms with Gasteiger partial charge < -0.3 is 5.32 Å². The Morgan fingerprint density at radius 2 is 1.84 bits per heavy atom. The van der Waals surface area contributed by atoms with Gasteiger partial charge in [-0.3, -0.25) is 0 Å². The molecule has 2 heterocycles. The Morgan fingerprint density at radius 1 is 1.00 bits per heavy atom. The quantitative estimate of drug-likeness (QED) is 0.739. The van der Waals surface area contributed by atoms with Crippen LogP contribution in [0.4, 0.5) is 5.95 Å². The number of benzene rings is 1. The molecular formula is C14H12N4S. The molecule has 4 nitrogen and oxygen atoms in total. The molecule has 0 saturated carbocycles. The Hall–Kier alpha value is -2.14. The van der Waals surface area contributed by atoms with Gasteiger partial charge in [0.2, 0.25) is 5.95 Å². The van der Waals surface area contributed by atoms with E-state index in [4.69, 9.17) is 0 Å². The highest BCUT2D eigenvalue weighted by molar-refractivity contribution is 7.99. The SMILES string of the molecule is CNc1nc(Sc2ccccn2)c2ccccc2n1. The van der Waals surface area contributed by atoms with Crippen LogP contribution in [0.25, 0.3) is 10.9 Å². The molecule has 94 valence electrons. The monoisotopic (exact) mass is 268 g/mol. The average Bonchev–Trinajstić information content (AvgIpc) is 2.48. The molecule has 2 aromatic heterocycles. The fourth-order valence-corrected chi connectivity index (χ4v) is 2.62. The largest absolute Gasteiger partial charge is 0.357 e. The van der Waals surface area contributed by atoms with E-state index in [1.54, 1.807) is 18.0 Å². The van der Waals surface area contributed by atoms with Gasteiger partial charge in [-0.1, -0.05) is 24.3 Å². The van der Waals surface area contributed by atoms with Crippen molar-refractivity contribution in [1.82, 2.24) is 15.0 Å². The van der Waals surface area contributed by atoms with Crippen LogP contribution in [0.3, 0.4) is 0 Å². The molecule has 3 aromatic rings. The van der Waals surface area contributed by atoms with Crippen LogP contribution in [-0.4, -0.2) is 22.0 Å². The zero-order chi connectivity index (χ0) is 13.1. The molecule has 0 spiro atoms. The van der Waals surface area contributed by atoms with E-state index in [0.717, 1.165) is 21.0 Å². The normalized spacial score (nSPS) is 10.6. The number of hydrogen-bond acceptors (Lipinski definition) is 5. The highest BCUT2D eigenvalue weighted by Gasteiger charge is 2.08. The molecule has 0 aliphatic heterocycles. The molecule has 1 aromatic carbocycles. The van der Waals surface area contributed by atoms with Gasteiger partial charge in [0, 0.05) is 18.6 Å². The van der Waals surface area contributed by atoms with Gasteiger partial charge in [0.05, 0.1) is 5.52 Å². The zero-order valence-electron chi connectivity index (χ0n) is 10.4. The summed E-state index contributed by atoms with van der Waals surface area (Å²) in [5, 5.41) is 5.86. The molecule has 0 saturated heterocycles. The highest BCUT2D eigenvalue weighted by atomic mass is 32.2. The van der Waals surface area contributed by atoms with Crippen molar-refractivity contribution in [3.63, 3.8) is 0 Å². The second-order valence-electron chi connectivity index (χ2n) is 3.89. The van der Waals surface area contributed by atoms with Gasteiger partial charge in [-0.2, -0.15) is 0 Å². The van der Waals surface area contributed by atoms with Crippen LogP contribution in [-0.2, 0) is 0 Å². The van der Waals surface area contributed by atoms with Crippen LogP contribution >= 0.6 is 11.8 Å². The molecule has 0 unspecified atom stereocenters. The van der Waals surface area contributed by atoms with Gasteiger partial charge in [-0.15, -0.1) is 0 Å². The van der Waals surface area contributed by atoms with Gasteiger partial charge in [0.15, 0.2) is 0 Å². The molecule has 19 heavy (non-hydrogen) atoms. The highest BCUT2D eigenvalue weighted by Crippen LogP contribution is 2.30. The fraction of sp³-hybridized carbons (Fsp3) is 0.0714. The first-order chi connectivity index (χ1) is 9.36. The summed E-state index contributed by atoms with van der Waals surface area (Å²) in [5.41, 5.74) is 0.931. The standard InChI is InChI=1S/C14H12N4S/c1-15-14-17-11-7-3-2-6-10(11)13(18-14)19-12-8-4-5-9-16-12/h2-9H,1H3,(H,15,17,18). The number of hydrogen-bond donors (Lipinski definition) is 1. The summed E-state index contributed by atoms with van der Waals surface area (Å²) in [6.07, 6.45) is 1.78. The smallest absolute Gasteiger partial charge is 0.224 e. The predicted molar refractivity (Wildman–Crippen MR) is 77.4 cm³/mol. The second-order valence-corrected chi connectivity index (χ2v) is 4.90. The number of anilines is 1. The molecule has 0 atom stereocenters. The Bertz CT molecular complexity index is 700. The molecule has 3 rings (SSSR count). The summed E-state index contributed by atoms with van der Waals surface area (Å²) in [4.78, 5) is 13.3. The van der Waals surface area contributed by atoms with Crippen molar-refractivity contribution in [2.45, 2.75) is 10.1 Å². The van der Waals surface area contributed by atoms with E-state index < -0.39 is 0 Å². The number of fused-ring (bicyclic) bond motifs is 1. The van der Waals surface area contributed by atoms with Crippen LogP contribution in [0, 0.1) is 0 Å². The van der Waals surface area contributed by atoms with Gasteiger partial charge in [0.1, 0.15) is 10.1 Å². The van der Waals surface area contributed by atoms with Crippen molar-refractivity contribution in [3.8, 4) is 0 Å². The third-order valence-corrected chi connectivity index (χ3v) is 3.59. The molecular weight excluding hydrogens is 256 g/mol. The van der Waals surface area contributed by atoms with Crippen LogP contribution < -0.4 is 5.32 Å². The Kier molecular flexibility index (Phi) is 3.29. The van der Waals surface area contributed by atoms with E-state index in [2.05, 4.69) is 20.3 Å². The number of nitrogens with zero attached hydrogens (tertiary/aromatic N) is 3. The average molecular weight is 268 g/mol. The first kappa shape index (κ1) is 11.9. The van der Waals surface area contributed by atoms with Gasteiger partial charge in [0.25, 0.3) is 0 Å². The topological polar surface area (TPSA) is 50.7 Å². The third kappa shape index (κ3) is 2.51. The van der Waals surface area contributed by atoms with E-state index in [1.165, 1.54) is 0 Å². The predicted octanol–water partition coefficient (Wildman–Crippen LogP) is 3.22. The molecule has 0 fully saturated rings. The summed E-state index contributed by atoms with van der Waals surface area (Å²) in [6.45, 7) is 0. The number of nitrogens with one attached hydrogen (secondary N) is 1. The molecule has 0 radical (unpaired) electrons. The first-order valence-electron chi connectivity index (χ1n) is 5.90. The lowest BCUT2D eigenvalue weighted by molar-refractivity contribution is 1.08. The summed E-state index contributed by atoms with van der Waals surface area (Å²) in [5.74, 6) is 0.622. The van der Waals surface area contributed by atoms with Crippen molar-refractivity contribution in [2.75, 3.05) is 12.4 Å². The zero-order valence-corrected chi connectivity index (χ0v) is 11.2. The molecule has 1 N–H and O–H groups in total. The number of pyridine rings is 1.